The molecule has 0 saturated carbocycles. The SMILES string of the molecule is C=C1C[C@H](CCCO)OC1CCC1C[C@@H](C)C(=C)C(C[C@@H]2O[C@H](C[C@H](C)CC)[C@H](C)[C@H]2CS(=O)(=O)c2ccccc2)O1. The highest BCUT2D eigenvalue weighted by Crippen LogP contribution is 2.43. The Kier molecular flexibility index (Phi) is 11.9. The van der Waals surface area contributed by atoms with Crippen LogP contribution in [-0.2, 0) is 24.0 Å². The average molecular weight is 603 g/mol. The van der Waals surface area contributed by atoms with Gasteiger partial charge in [0.1, 0.15) is 0 Å². The van der Waals surface area contributed by atoms with Crippen LogP contribution in [0.4, 0.5) is 0 Å². The van der Waals surface area contributed by atoms with Crippen LogP contribution in [0, 0.1) is 23.7 Å². The molecule has 1 aromatic rings. The quantitative estimate of drug-likeness (QED) is 0.233. The summed E-state index contributed by atoms with van der Waals surface area (Å²) in [4.78, 5) is 0.377. The van der Waals surface area contributed by atoms with Crippen molar-refractivity contribution in [2.75, 3.05) is 12.4 Å². The predicted molar refractivity (Wildman–Crippen MR) is 168 cm³/mol. The van der Waals surface area contributed by atoms with Gasteiger partial charge < -0.3 is 19.3 Å². The van der Waals surface area contributed by atoms with Gasteiger partial charge in [0.05, 0.1) is 47.3 Å². The first-order valence-corrected chi connectivity index (χ1v) is 17.9. The number of sulfone groups is 1. The molecule has 3 aliphatic rings. The maximum absolute atomic E-state index is 13.5. The Labute approximate surface area is 254 Å². The number of rotatable bonds is 14. The third kappa shape index (κ3) is 8.35. The van der Waals surface area contributed by atoms with Gasteiger partial charge in [-0.05, 0) is 86.0 Å². The molecule has 0 aliphatic carbocycles. The first-order valence-electron chi connectivity index (χ1n) is 16.2. The van der Waals surface area contributed by atoms with Gasteiger partial charge in [-0.2, -0.15) is 0 Å². The Bertz CT molecular complexity index is 1130. The van der Waals surface area contributed by atoms with E-state index < -0.39 is 9.84 Å². The van der Waals surface area contributed by atoms with E-state index in [0.29, 0.717) is 23.2 Å². The molecule has 3 aliphatic heterocycles. The number of ether oxygens (including phenoxy) is 3. The first kappa shape index (κ1) is 33.4. The normalized spacial score (nSPS) is 34.6. The van der Waals surface area contributed by atoms with E-state index >= 15 is 0 Å². The highest BCUT2D eigenvalue weighted by Gasteiger charge is 2.46. The minimum Gasteiger partial charge on any atom is -0.396 e. The fourth-order valence-electron chi connectivity index (χ4n) is 7.11. The molecule has 0 amide bonds. The van der Waals surface area contributed by atoms with Gasteiger partial charge in [-0.15, -0.1) is 0 Å². The lowest BCUT2D eigenvalue weighted by Crippen LogP contribution is -2.38. The van der Waals surface area contributed by atoms with E-state index in [2.05, 4.69) is 40.9 Å². The molecule has 0 radical (unpaired) electrons. The van der Waals surface area contributed by atoms with Crippen molar-refractivity contribution in [1.29, 1.82) is 0 Å². The van der Waals surface area contributed by atoms with Crippen LogP contribution in [0.5, 0.6) is 0 Å². The molecule has 3 saturated heterocycles. The molecule has 236 valence electrons. The second-order valence-electron chi connectivity index (χ2n) is 13.3. The molecule has 1 aromatic carbocycles. The monoisotopic (exact) mass is 602 g/mol. The molecule has 3 unspecified atom stereocenters. The van der Waals surface area contributed by atoms with Gasteiger partial charge in [-0.25, -0.2) is 8.42 Å². The highest BCUT2D eigenvalue weighted by atomic mass is 32.2. The molecule has 0 bridgehead atoms. The summed E-state index contributed by atoms with van der Waals surface area (Å²) in [7, 11) is -3.46. The van der Waals surface area contributed by atoms with E-state index in [-0.39, 0.29) is 60.8 Å². The molecule has 3 fully saturated rings. The molecular formula is C35H54O6S. The van der Waals surface area contributed by atoms with Crippen molar-refractivity contribution < 1.29 is 27.7 Å². The molecule has 4 rings (SSSR count). The van der Waals surface area contributed by atoms with Crippen LogP contribution in [0.25, 0.3) is 0 Å². The lowest BCUT2D eigenvalue weighted by atomic mass is 9.81. The lowest BCUT2D eigenvalue weighted by molar-refractivity contribution is -0.0737. The summed E-state index contributed by atoms with van der Waals surface area (Å²) >= 11 is 0. The van der Waals surface area contributed by atoms with Crippen molar-refractivity contribution in [3.63, 3.8) is 0 Å². The Balaban J connectivity index is 1.43. The Morgan fingerprint density at radius 3 is 2.38 bits per heavy atom. The summed E-state index contributed by atoms with van der Waals surface area (Å²) in [5.41, 5.74) is 2.23. The van der Waals surface area contributed by atoms with Gasteiger partial charge in [0.15, 0.2) is 9.84 Å². The lowest BCUT2D eigenvalue weighted by Gasteiger charge is -2.38. The standard InChI is InChI=1S/C35H54O6S/c1-7-23(2)18-33-27(6)31(22-42(37,38)30-13-9-8-10-14-30)35(41-33)21-34-26(5)24(3)19-29(40-34)15-16-32-25(4)20-28(39-32)12-11-17-36/h8-10,13-14,23-24,27-29,31-36H,4-5,7,11-12,15-22H2,1-3,6H3/t23-,24-,27-,28+,29?,31-,32?,33-,34?,35+/m1/s1. The number of aliphatic hydroxyl groups excluding tert-OH is 1. The van der Waals surface area contributed by atoms with Crippen molar-refractivity contribution in [3.8, 4) is 0 Å². The molecule has 6 nitrogen and oxygen atoms in total. The molecule has 7 heteroatoms. The number of hydrogen-bond acceptors (Lipinski definition) is 6. The zero-order valence-corrected chi connectivity index (χ0v) is 27.1. The van der Waals surface area contributed by atoms with Crippen LogP contribution in [-0.4, -0.2) is 62.5 Å². The van der Waals surface area contributed by atoms with Crippen molar-refractivity contribution in [2.24, 2.45) is 23.7 Å². The number of hydrogen-bond donors (Lipinski definition) is 1. The maximum atomic E-state index is 13.5. The minimum absolute atomic E-state index is 0.0373. The Hall–Kier alpha value is -1.51. The zero-order chi connectivity index (χ0) is 30.4. The second-order valence-corrected chi connectivity index (χ2v) is 15.4. The van der Waals surface area contributed by atoms with Crippen LogP contribution in [0.1, 0.15) is 85.5 Å². The summed E-state index contributed by atoms with van der Waals surface area (Å²) in [6.45, 7) is 17.7. The van der Waals surface area contributed by atoms with E-state index in [9.17, 15) is 8.42 Å². The Morgan fingerprint density at radius 2 is 1.69 bits per heavy atom. The minimum atomic E-state index is -3.46. The third-order valence-electron chi connectivity index (χ3n) is 10.1. The molecule has 0 aromatic heterocycles. The van der Waals surface area contributed by atoms with Crippen LogP contribution in [0.15, 0.2) is 59.5 Å². The van der Waals surface area contributed by atoms with E-state index in [1.807, 2.05) is 6.07 Å². The molecule has 10 atom stereocenters. The van der Waals surface area contributed by atoms with Crippen LogP contribution < -0.4 is 0 Å². The molecule has 1 N–H and O–H groups in total. The second kappa shape index (κ2) is 15.0. The fraction of sp³-hybridized carbons (Fsp3) is 0.714. The van der Waals surface area contributed by atoms with Crippen LogP contribution in [0.3, 0.4) is 0 Å². The average Bonchev–Trinajstić information content (AvgIpc) is 3.46. The van der Waals surface area contributed by atoms with Crippen molar-refractivity contribution in [2.45, 2.75) is 127 Å². The van der Waals surface area contributed by atoms with Gasteiger partial charge in [-0.3, -0.25) is 0 Å². The van der Waals surface area contributed by atoms with Crippen molar-refractivity contribution in [3.05, 3.63) is 54.6 Å². The van der Waals surface area contributed by atoms with Crippen molar-refractivity contribution in [1.82, 2.24) is 0 Å². The highest BCUT2D eigenvalue weighted by molar-refractivity contribution is 7.91. The van der Waals surface area contributed by atoms with E-state index in [1.54, 1.807) is 24.3 Å². The largest absolute Gasteiger partial charge is 0.396 e. The van der Waals surface area contributed by atoms with E-state index in [1.165, 1.54) is 0 Å². The summed E-state index contributed by atoms with van der Waals surface area (Å²) in [6, 6.07) is 8.80. The topological polar surface area (TPSA) is 82.1 Å². The molecule has 3 heterocycles. The molecular weight excluding hydrogens is 548 g/mol. The fourth-order valence-corrected chi connectivity index (χ4v) is 8.89. The maximum Gasteiger partial charge on any atom is 0.178 e. The first-order chi connectivity index (χ1) is 20.0. The van der Waals surface area contributed by atoms with Gasteiger partial charge >= 0.3 is 0 Å². The van der Waals surface area contributed by atoms with Gasteiger partial charge in [0, 0.05) is 18.9 Å². The van der Waals surface area contributed by atoms with Crippen molar-refractivity contribution >= 4 is 9.84 Å². The number of aliphatic hydroxyl groups is 1. The van der Waals surface area contributed by atoms with E-state index in [4.69, 9.17) is 19.3 Å². The molecule has 0 spiro atoms. The van der Waals surface area contributed by atoms with Crippen LogP contribution >= 0.6 is 0 Å². The zero-order valence-electron chi connectivity index (χ0n) is 26.2. The van der Waals surface area contributed by atoms with Crippen LogP contribution in [0.2, 0.25) is 0 Å². The van der Waals surface area contributed by atoms with Gasteiger partial charge in [-0.1, -0.05) is 65.5 Å². The predicted octanol–water partition coefficient (Wildman–Crippen LogP) is 6.92. The summed E-state index contributed by atoms with van der Waals surface area (Å²) in [6.07, 6.45) is 7.77. The number of benzene rings is 1. The summed E-state index contributed by atoms with van der Waals surface area (Å²) in [5.74, 6) is 0.944. The summed E-state index contributed by atoms with van der Waals surface area (Å²) in [5, 5.41) is 9.17. The Morgan fingerprint density at radius 1 is 0.976 bits per heavy atom. The van der Waals surface area contributed by atoms with E-state index in [0.717, 1.165) is 62.5 Å². The summed E-state index contributed by atoms with van der Waals surface area (Å²) < 4.78 is 46.7. The third-order valence-corrected chi connectivity index (χ3v) is 12.0. The van der Waals surface area contributed by atoms with Gasteiger partial charge in [0.2, 0.25) is 0 Å². The smallest absolute Gasteiger partial charge is 0.178 e. The van der Waals surface area contributed by atoms with Gasteiger partial charge in [0.25, 0.3) is 0 Å². The molecule has 42 heavy (non-hydrogen) atoms.